The molecule has 0 fully saturated rings. The number of aliphatic carboxylic acids is 1. The van der Waals surface area contributed by atoms with Gasteiger partial charge in [-0.15, -0.1) is 0 Å². The van der Waals surface area contributed by atoms with Gasteiger partial charge in [-0.25, -0.2) is 0 Å². The molecule has 0 aromatic heterocycles. The summed E-state index contributed by atoms with van der Waals surface area (Å²) in [5, 5.41) is 11.4. The number of rotatable bonds is 22. The van der Waals surface area contributed by atoms with Gasteiger partial charge < -0.3 is 28.6 Å². The molecule has 200 valence electrons. The van der Waals surface area contributed by atoms with Crippen molar-refractivity contribution in [3.8, 4) is 0 Å². The lowest BCUT2D eigenvalue weighted by atomic mass is 10.1. The van der Waals surface area contributed by atoms with Gasteiger partial charge in [0, 0.05) is 19.3 Å². The maximum absolute atomic E-state index is 12.3. The van der Waals surface area contributed by atoms with Crippen LogP contribution in [0.3, 0.4) is 0 Å². The highest BCUT2D eigenvalue weighted by molar-refractivity contribution is 5.70. The van der Waals surface area contributed by atoms with Crippen LogP contribution in [0.15, 0.2) is 0 Å². The molecule has 0 rings (SSSR count). The molecule has 0 aromatic rings. The molecule has 0 radical (unpaired) electrons. The molecule has 0 bridgehead atoms. The molecule has 8 heteroatoms. The summed E-state index contributed by atoms with van der Waals surface area (Å²) >= 11 is 0. The molecule has 2 atom stereocenters. The maximum atomic E-state index is 12.3. The van der Waals surface area contributed by atoms with Gasteiger partial charge >= 0.3 is 11.9 Å². The molecule has 0 N–H and O–H groups in total. The number of nitrogens with zero attached hydrogens (tertiary/aromatic N) is 1. The van der Waals surface area contributed by atoms with Crippen molar-refractivity contribution in [2.75, 3.05) is 41.0 Å². The second kappa shape index (κ2) is 19.6. The van der Waals surface area contributed by atoms with Crippen LogP contribution in [0.2, 0.25) is 0 Å². The fourth-order valence-electron chi connectivity index (χ4n) is 3.60. The van der Waals surface area contributed by atoms with Crippen LogP contribution in [0, 0.1) is 0 Å². The first-order chi connectivity index (χ1) is 16.1. The van der Waals surface area contributed by atoms with E-state index in [9.17, 15) is 19.5 Å². The number of carboxylic acid groups (broad SMARTS) is 1. The van der Waals surface area contributed by atoms with Gasteiger partial charge in [0.2, 0.25) is 0 Å². The van der Waals surface area contributed by atoms with E-state index >= 15 is 0 Å². The Morgan fingerprint density at radius 2 is 1.29 bits per heavy atom. The third-order valence-corrected chi connectivity index (χ3v) is 5.74. The average Bonchev–Trinajstić information content (AvgIpc) is 2.75. The average molecular weight is 488 g/mol. The highest BCUT2D eigenvalue weighted by Crippen LogP contribution is 2.11. The topological polar surface area (TPSA) is 102 Å². The van der Waals surface area contributed by atoms with Crippen molar-refractivity contribution in [2.24, 2.45) is 0 Å². The van der Waals surface area contributed by atoms with Crippen LogP contribution in [0.25, 0.3) is 0 Å². The second-order valence-corrected chi connectivity index (χ2v) is 9.94. The summed E-state index contributed by atoms with van der Waals surface area (Å²) < 4.78 is 16.7. The third kappa shape index (κ3) is 17.8. The molecule has 0 aliphatic carbocycles. The van der Waals surface area contributed by atoms with Gasteiger partial charge in [0.1, 0.15) is 12.6 Å². The summed E-state index contributed by atoms with van der Waals surface area (Å²) in [6, 6.07) is -0.713. The number of ether oxygens (including phenoxy) is 3. The predicted octanol–water partition coefficient (Wildman–Crippen LogP) is 3.39. The molecular formula is C26H49NO7. The van der Waals surface area contributed by atoms with E-state index in [0.717, 1.165) is 44.9 Å². The lowest BCUT2D eigenvalue weighted by Crippen LogP contribution is -2.55. The number of unbranched alkanes of at least 4 members (excludes halogenated alkanes) is 8. The van der Waals surface area contributed by atoms with Gasteiger partial charge in [-0.3, -0.25) is 9.59 Å². The van der Waals surface area contributed by atoms with Gasteiger partial charge in [0.15, 0.2) is 6.10 Å². The van der Waals surface area contributed by atoms with E-state index in [1.165, 1.54) is 19.3 Å². The molecule has 0 spiro atoms. The van der Waals surface area contributed by atoms with Crippen LogP contribution < -0.4 is 5.11 Å². The second-order valence-electron chi connectivity index (χ2n) is 9.94. The number of likely N-dealkylation sites (N-methyl/N-ethyl adjacent to an activating group) is 1. The minimum absolute atomic E-state index is 0.0439. The molecule has 0 saturated heterocycles. The first-order valence-corrected chi connectivity index (χ1v) is 13.1. The molecular weight excluding hydrogens is 438 g/mol. The first kappa shape index (κ1) is 32.3. The van der Waals surface area contributed by atoms with E-state index in [0.29, 0.717) is 12.8 Å². The third-order valence-electron chi connectivity index (χ3n) is 5.74. The van der Waals surface area contributed by atoms with E-state index in [2.05, 4.69) is 13.8 Å². The molecule has 34 heavy (non-hydrogen) atoms. The van der Waals surface area contributed by atoms with Crippen LogP contribution in [0.1, 0.15) is 97.3 Å². The van der Waals surface area contributed by atoms with Crippen molar-refractivity contribution in [3.05, 3.63) is 0 Å². The summed E-state index contributed by atoms with van der Waals surface area (Å²) in [7, 11) is 5.35. The van der Waals surface area contributed by atoms with Crippen LogP contribution in [0.5, 0.6) is 0 Å². The predicted molar refractivity (Wildman–Crippen MR) is 130 cm³/mol. The Bertz CT molecular complexity index is 560. The van der Waals surface area contributed by atoms with Crippen LogP contribution in [-0.4, -0.2) is 75.5 Å². The highest BCUT2D eigenvalue weighted by Gasteiger charge is 2.25. The zero-order valence-corrected chi connectivity index (χ0v) is 22.3. The van der Waals surface area contributed by atoms with Gasteiger partial charge in [0.25, 0.3) is 0 Å². The van der Waals surface area contributed by atoms with Crippen molar-refractivity contribution < 1.29 is 38.2 Å². The van der Waals surface area contributed by atoms with E-state index < -0.39 is 18.1 Å². The summed E-state index contributed by atoms with van der Waals surface area (Å²) in [6.07, 6.45) is 10.6. The summed E-state index contributed by atoms with van der Waals surface area (Å²) in [4.78, 5) is 35.7. The number of hydrogen-bond donors (Lipinski definition) is 0. The number of carbonyl (C=O) groups excluding carboxylic acids is 3. The summed E-state index contributed by atoms with van der Waals surface area (Å²) in [5.41, 5.74) is 0. The SMILES string of the molecule is CCCCCCCCC(=O)OC(COCCC(C(=O)[O-])[N+](C)(C)C)COC(=O)CCCCCC. The largest absolute Gasteiger partial charge is 0.544 e. The molecule has 0 aromatic carbocycles. The van der Waals surface area contributed by atoms with Crippen molar-refractivity contribution in [1.82, 2.24) is 0 Å². The molecule has 8 nitrogen and oxygen atoms in total. The molecule has 0 amide bonds. The molecule has 0 aliphatic heterocycles. The number of carbonyl (C=O) groups is 3. The number of hydrogen-bond acceptors (Lipinski definition) is 7. The van der Waals surface area contributed by atoms with Crippen molar-refractivity contribution in [2.45, 2.75) is 109 Å². The van der Waals surface area contributed by atoms with Gasteiger partial charge in [-0.05, 0) is 12.8 Å². The maximum Gasteiger partial charge on any atom is 0.306 e. The Kier molecular flexibility index (Phi) is 18.7. The Morgan fingerprint density at radius 1 is 0.765 bits per heavy atom. The number of carboxylic acids is 1. The van der Waals surface area contributed by atoms with Crippen LogP contribution in [-0.2, 0) is 28.6 Å². The molecule has 0 saturated carbocycles. The highest BCUT2D eigenvalue weighted by atomic mass is 16.6. The van der Waals surface area contributed by atoms with Gasteiger partial charge in [-0.2, -0.15) is 0 Å². The van der Waals surface area contributed by atoms with Crippen molar-refractivity contribution in [1.29, 1.82) is 0 Å². The minimum atomic E-state index is -1.13. The lowest BCUT2D eigenvalue weighted by Gasteiger charge is -2.34. The zero-order chi connectivity index (χ0) is 25.8. The first-order valence-electron chi connectivity index (χ1n) is 13.1. The Labute approximate surface area is 206 Å². The van der Waals surface area contributed by atoms with Crippen molar-refractivity contribution >= 4 is 17.9 Å². The van der Waals surface area contributed by atoms with E-state index in [4.69, 9.17) is 14.2 Å². The zero-order valence-electron chi connectivity index (χ0n) is 22.3. The normalized spacial score (nSPS) is 13.3. The Hall–Kier alpha value is -1.67. The smallest absolute Gasteiger partial charge is 0.306 e. The minimum Gasteiger partial charge on any atom is -0.544 e. The van der Waals surface area contributed by atoms with E-state index in [-0.39, 0.29) is 42.7 Å². The Balaban J connectivity index is 4.57. The Morgan fingerprint density at radius 3 is 1.85 bits per heavy atom. The molecule has 2 unspecified atom stereocenters. The monoisotopic (exact) mass is 487 g/mol. The van der Waals surface area contributed by atoms with Crippen LogP contribution >= 0.6 is 0 Å². The number of esters is 2. The van der Waals surface area contributed by atoms with E-state index in [1.54, 1.807) is 21.1 Å². The standard InChI is InChI=1S/C26H49NO7/c1-6-8-10-12-13-15-17-25(29)34-22(21-33-24(28)16-14-11-9-7-2)20-32-19-18-23(26(30)31)27(3,4)5/h22-23H,6-21H2,1-5H3. The van der Waals surface area contributed by atoms with Crippen molar-refractivity contribution in [3.63, 3.8) is 0 Å². The van der Waals surface area contributed by atoms with Crippen LogP contribution in [0.4, 0.5) is 0 Å². The van der Waals surface area contributed by atoms with Gasteiger partial charge in [0.05, 0.1) is 40.3 Å². The summed E-state index contributed by atoms with van der Waals surface area (Å²) in [6.45, 7) is 4.43. The fraction of sp³-hybridized carbons (Fsp3) is 0.885. The van der Waals surface area contributed by atoms with E-state index in [1.807, 2.05) is 0 Å². The van der Waals surface area contributed by atoms with Gasteiger partial charge in [-0.1, -0.05) is 65.2 Å². The summed E-state index contributed by atoms with van der Waals surface area (Å²) in [5.74, 6) is -1.77. The number of quaternary nitrogens is 1. The quantitative estimate of drug-likeness (QED) is 0.131. The fourth-order valence-corrected chi connectivity index (χ4v) is 3.60. The molecule has 0 aliphatic rings. The lowest BCUT2D eigenvalue weighted by molar-refractivity contribution is -0.889. The molecule has 0 heterocycles.